The van der Waals surface area contributed by atoms with Gasteiger partial charge in [0.15, 0.2) is 9.84 Å². The van der Waals surface area contributed by atoms with Crippen LogP contribution in [-0.4, -0.2) is 20.2 Å². The fourth-order valence-corrected chi connectivity index (χ4v) is 6.38. The van der Waals surface area contributed by atoms with Crippen molar-refractivity contribution >= 4 is 34.1 Å². The van der Waals surface area contributed by atoms with E-state index in [0.29, 0.717) is 16.1 Å². The van der Waals surface area contributed by atoms with Crippen LogP contribution in [0.1, 0.15) is 0 Å². The maximum atomic E-state index is 13.1. The molecule has 2 aromatic carbocycles. The van der Waals surface area contributed by atoms with Gasteiger partial charge in [-0.1, -0.05) is 29.8 Å². The summed E-state index contributed by atoms with van der Waals surface area (Å²) in [5.74, 6) is 0.315. The van der Waals surface area contributed by atoms with Gasteiger partial charge in [-0.25, -0.2) is 8.42 Å². The van der Waals surface area contributed by atoms with Crippen LogP contribution in [0, 0.1) is 0 Å². The number of hydrogen-bond donors (Lipinski definition) is 0. The van der Waals surface area contributed by atoms with E-state index in [1.165, 1.54) is 0 Å². The molecule has 0 N–H and O–H groups in total. The molecular weight excluding hydrogens is 331 g/mol. The zero-order valence-electron chi connectivity index (χ0n) is 11.3. The van der Waals surface area contributed by atoms with Crippen LogP contribution in [0.4, 0.5) is 0 Å². The Bertz CT molecular complexity index is 757. The maximum absolute atomic E-state index is 13.1. The lowest BCUT2D eigenvalue weighted by Gasteiger charge is -2.19. The van der Waals surface area contributed by atoms with E-state index in [4.69, 9.17) is 16.1 Å². The van der Waals surface area contributed by atoms with Gasteiger partial charge in [-0.3, -0.25) is 4.57 Å². The number of halogens is 1. The lowest BCUT2D eigenvalue weighted by Crippen LogP contribution is -2.17. The van der Waals surface area contributed by atoms with E-state index in [-0.39, 0.29) is 0 Å². The number of sulfone groups is 1. The fraction of sp³-hybridized carbons (Fsp3) is 0.143. The van der Waals surface area contributed by atoms with E-state index in [2.05, 4.69) is 0 Å². The zero-order valence-corrected chi connectivity index (χ0v) is 13.7. The van der Waals surface area contributed by atoms with Crippen molar-refractivity contribution < 1.29 is 17.5 Å². The van der Waals surface area contributed by atoms with E-state index in [9.17, 15) is 13.0 Å². The molecule has 112 valence electrons. The second-order valence-electron chi connectivity index (χ2n) is 4.61. The molecule has 0 bridgehead atoms. The zero-order chi connectivity index (χ0) is 15.5. The summed E-state index contributed by atoms with van der Waals surface area (Å²) in [6, 6.07) is 14.6. The average Bonchev–Trinajstić information content (AvgIpc) is 2.40. The SMILES string of the molecule is CS(=O)(=O)CP(=O)(Oc1ccc(Cl)cc1)c1ccccc1. The van der Waals surface area contributed by atoms with E-state index in [1.54, 1.807) is 54.6 Å². The summed E-state index contributed by atoms with van der Waals surface area (Å²) in [5.41, 5.74) is -0.549. The molecule has 4 nitrogen and oxygen atoms in total. The van der Waals surface area contributed by atoms with Gasteiger partial charge in [0, 0.05) is 16.6 Å². The first-order valence-electron chi connectivity index (χ1n) is 6.06. The Kier molecular flexibility index (Phi) is 4.77. The summed E-state index contributed by atoms with van der Waals surface area (Å²) >= 11 is 5.79. The molecule has 1 unspecified atom stereocenters. The fourth-order valence-electron chi connectivity index (χ4n) is 1.78. The summed E-state index contributed by atoms with van der Waals surface area (Å²) in [6.07, 6.45) is 1.04. The van der Waals surface area contributed by atoms with Crippen molar-refractivity contribution in [2.75, 3.05) is 11.7 Å². The van der Waals surface area contributed by atoms with Crippen LogP contribution in [0.5, 0.6) is 5.75 Å². The molecule has 2 aromatic rings. The second-order valence-corrected chi connectivity index (χ2v) is 9.98. The average molecular weight is 345 g/mol. The first-order valence-corrected chi connectivity index (χ1v) is 10.3. The Morgan fingerprint density at radius 1 is 1.05 bits per heavy atom. The first-order chi connectivity index (χ1) is 9.78. The van der Waals surface area contributed by atoms with Crippen LogP contribution >= 0.6 is 19.0 Å². The van der Waals surface area contributed by atoms with E-state index >= 15 is 0 Å². The molecule has 0 saturated carbocycles. The molecule has 0 amide bonds. The van der Waals surface area contributed by atoms with Gasteiger partial charge in [-0.15, -0.1) is 0 Å². The molecule has 0 aliphatic rings. The minimum Gasteiger partial charge on any atom is -0.439 e. The topological polar surface area (TPSA) is 60.4 Å². The third-order valence-corrected chi connectivity index (χ3v) is 7.70. The van der Waals surface area contributed by atoms with Crippen molar-refractivity contribution in [3.8, 4) is 5.75 Å². The molecule has 2 rings (SSSR count). The van der Waals surface area contributed by atoms with Crippen LogP contribution in [-0.2, 0) is 14.4 Å². The highest BCUT2D eigenvalue weighted by atomic mass is 35.5. The van der Waals surface area contributed by atoms with E-state index < -0.39 is 22.7 Å². The summed E-state index contributed by atoms with van der Waals surface area (Å²) in [6.45, 7) is 0. The van der Waals surface area contributed by atoms with Gasteiger partial charge in [0.1, 0.15) is 11.2 Å². The highest BCUT2D eigenvalue weighted by Gasteiger charge is 2.32. The van der Waals surface area contributed by atoms with Gasteiger partial charge in [-0.05, 0) is 36.4 Å². The summed E-state index contributed by atoms with van der Waals surface area (Å²) < 4.78 is 41.8. The standard InChI is InChI=1S/C14H14ClO4PS/c1-21(17,18)11-20(16,14-5-3-2-4-6-14)19-13-9-7-12(15)8-10-13/h2-10H,11H2,1H3. The van der Waals surface area contributed by atoms with Crippen molar-refractivity contribution in [1.82, 2.24) is 0 Å². The van der Waals surface area contributed by atoms with Gasteiger partial charge in [-0.2, -0.15) is 0 Å². The highest BCUT2D eigenvalue weighted by molar-refractivity contribution is 7.99. The summed E-state index contributed by atoms with van der Waals surface area (Å²) in [4.78, 5) is 0. The molecule has 0 aliphatic heterocycles. The van der Waals surface area contributed by atoms with Crippen molar-refractivity contribution in [3.63, 3.8) is 0 Å². The van der Waals surface area contributed by atoms with Gasteiger partial charge in [0.25, 0.3) is 7.37 Å². The maximum Gasteiger partial charge on any atom is 0.291 e. The highest BCUT2D eigenvalue weighted by Crippen LogP contribution is 2.47. The first kappa shape index (κ1) is 16.1. The van der Waals surface area contributed by atoms with Crippen molar-refractivity contribution in [3.05, 3.63) is 59.6 Å². The monoisotopic (exact) mass is 344 g/mol. The number of rotatable bonds is 5. The minimum absolute atomic E-state index is 0.315. The lowest BCUT2D eigenvalue weighted by molar-refractivity contribution is 0.496. The van der Waals surface area contributed by atoms with Crippen molar-refractivity contribution in [2.24, 2.45) is 0 Å². The second kappa shape index (κ2) is 6.22. The largest absolute Gasteiger partial charge is 0.439 e. The molecule has 0 saturated heterocycles. The third-order valence-electron chi connectivity index (χ3n) is 2.62. The summed E-state index contributed by atoms with van der Waals surface area (Å²) in [5, 5.41) is 0.880. The molecular formula is C14H14ClO4PS. The quantitative estimate of drug-likeness (QED) is 0.781. The van der Waals surface area contributed by atoms with Crippen LogP contribution in [0.2, 0.25) is 5.02 Å². The molecule has 0 aliphatic carbocycles. The predicted molar refractivity (Wildman–Crippen MR) is 85.5 cm³/mol. The van der Waals surface area contributed by atoms with Crippen LogP contribution in [0.25, 0.3) is 0 Å². The molecule has 1 atom stereocenters. The van der Waals surface area contributed by atoms with Gasteiger partial charge >= 0.3 is 0 Å². The minimum atomic E-state index is -3.56. The van der Waals surface area contributed by atoms with Crippen LogP contribution in [0.3, 0.4) is 0 Å². The van der Waals surface area contributed by atoms with Gasteiger partial charge in [0.05, 0.1) is 0 Å². The molecule has 0 spiro atoms. The lowest BCUT2D eigenvalue weighted by atomic mass is 10.3. The number of hydrogen-bond acceptors (Lipinski definition) is 4. The Morgan fingerprint density at radius 2 is 1.62 bits per heavy atom. The Morgan fingerprint density at radius 3 is 2.14 bits per heavy atom. The normalized spacial score (nSPS) is 14.4. The molecule has 7 heteroatoms. The van der Waals surface area contributed by atoms with E-state index in [1.807, 2.05) is 0 Å². The molecule has 0 fully saturated rings. The Balaban J connectivity index is 2.41. The van der Waals surface area contributed by atoms with Crippen LogP contribution in [0.15, 0.2) is 54.6 Å². The third kappa shape index (κ3) is 4.60. The summed E-state index contributed by atoms with van der Waals surface area (Å²) in [7, 11) is -7.03. The molecule has 0 radical (unpaired) electrons. The van der Waals surface area contributed by atoms with Crippen molar-refractivity contribution in [2.45, 2.75) is 0 Å². The Labute approximate surface area is 129 Å². The van der Waals surface area contributed by atoms with Crippen molar-refractivity contribution in [1.29, 1.82) is 0 Å². The Hall–Kier alpha value is -1.29. The smallest absolute Gasteiger partial charge is 0.291 e. The number of benzene rings is 2. The van der Waals surface area contributed by atoms with Crippen LogP contribution < -0.4 is 9.83 Å². The van der Waals surface area contributed by atoms with E-state index in [0.717, 1.165) is 6.26 Å². The molecule has 21 heavy (non-hydrogen) atoms. The van der Waals surface area contributed by atoms with Gasteiger partial charge in [0.2, 0.25) is 0 Å². The molecule has 0 aromatic heterocycles. The van der Waals surface area contributed by atoms with Gasteiger partial charge < -0.3 is 4.52 Å². The predicted octanol–water partition coefficient (Wildman–Crippen LogP) is 3.32. The molecule has 0 heterocycles.